The molecule has 0 N–H and O–H groups in total. The smallest absolute Gasteiger partial charge is 0.367 e. The van der Waals surface area contributed by atoms with Crippen molar-refractivity contribution in [2.45, 2.75) is 18.7 Å². The van der Waals surface area contributed by atoms with Gasteiger partial charge in [0.25, 0.3) is 0 Å². The average molecular weight is 548 g/mol. The Labute approximate surface area is 186 Å². The van der Waals surface area contributed by atoms with E-state index in [1.165, 1.54) is 24.3 Å². The first kappa shape index (κ1) is 21.6. The van der Waals surface area contributed by atoms with Crippen molar-refractivity contribution < 1.29 is 27.0 Å². The maximum atomic E-state index is 12.7. The Kier molecular flexibility index (Phi) is 6.49. The molecule has 0 fully saturated rings. The van der Waals surface area contributed by atoms with Crippen LogP contribution in [0.3, 0.4) is 0 Å². The topological polar surface area (TPSA) is 91.3 Å². The minimum absolute atomic E-state index is 0.0353. The van der Waals surface area contributed by atoms with E-state index in [2.05, 4.69) is 9.99 Å². The van der Waals surface area contributed by atoms with Gasteiger partial charge in [0, 0.05) is 5.02 Å². The Morgan fingerprint density at radius 3 is 2.52 bits per heavy atom. The third-order valence-electron chi connectivity index (χ3n) is 3.81. The van der Waals surface area contributed by atoms with Crippen LogP contribution >= 0.6 is 34.2 Å². The summed E-state index contributed by atoms with van der Waals surface area (Å²) in [4.78, 5) is 16.4. The first-order valence-corrected chi connectivity index (χ1v) is 11.2. The molecule has 1 aliphatic heterocycles. The van der Waals surface area contributed by atoms with Crippen LogP contribution in [0.1, 0.15) is 19.4 Å². The number of oxime groups is 1. The predicted molar refractivity (Wildman–Crippen MR) is 117 cm³/mol. The minimum atomic E-state index is -4.10. The van der Waals surface area contributed by atoms with Crippen LogP contribution in [-0.4, -0.2) is 26.7 Å². The number of rotatable bonds is 6. The lowest BCUT2D eigenvalue weighted by molar-refractivity contribution is -0.136. The number of benzene rings is 2. The quantitative estimate of drug-likeness (QED) is 0.230. The van der Waals surface area contributed by atoms with Crippen LogP contribution in [0.15, 0.2) is 52.0 Å². The number of hydrogen-bond acceptors (Lipinski definition) is 7. The van der Waals surface area contributed by atoms with Crippen LogP contribution in [0.5, 0.6) is 11.5 Å². The Hall–Kier alpha value is -2.11. The second-order valence-electron chi connectivity index (χ2n) is 5.87. The van der Waals surface area contributed by atoms with Crippen LogP contribution in [0, 0.1) is 3.57 Å². The first-order chi connectivity index (χ1) is 13.7. The molecule has 0 atom stereocenters. The summed E-state index contributed by atoms with van der Waals surface area (Å²) in [6.07, 6.45) is 1.59. The van der Waals surface area contributed by atoms with E-state index in [1.807, 2.05) is 22.6 Å². The number of ether oxygens (including phenoxy) is 1. The highest BCUT2D eigenvalue weighted by Gasteiger charge is 2.24. The Balaban J connectivity index is 2.01. The van der Waals surface area contributed by atoms with Gasteiger partial charge < -0.3 is 13.8 Å². The zero-order valence-electron chi connectivity index (χ0n) is 15.3. The highest BCUT2D eigenvalue weighted by Crippen LogP contribution is 2.37. The van der Waals surface area contributed by atoms with Crippen LogP contribution in [0.2, 0.25) is 5.02 Å². The van der Waals surface area contributed by atoms with Crippen molar-refractivity contribution in [2.75, 3.05) is 6.61 Å². The van der Waals surface area contributed by atoms with Gasteiger partial charge in [0.05, 0.1) is 21.5 Å². The molecule has 2 aromatic carbocycles. The van der Waals surface area contributed by atoms with Crippen molar-refractivity contribution in [3.05, 3.63) is 56.1 Å². The van der Waals surface area contributed by atoms with Crippen molar-refractivity contribution in [3.63, 3.8) is 0 Å². The van der Waals surface area contributed by atoms with Crippen LogP contribution in [-0.2, 0) is 19.8 Å². The molecule has 0 aliphatic carbocycles. The summed E-state index contributed by atoms with van der Waals surface area (Å²) in [5.74, 6) is -0.269. The monoisotopic (exact) mass is 547 g/mol. The lowest BCUT2D eigenvalue weighted by Crippen LogP contribution is -2.12. The van der Waals surface area contributed by atoms with Gasteiger partial charge in [-0.1, -0.05) is 16.8 Å². The third kappa shape index (κ3) is 4.90. The van der Waals surface area contributed by atoms with Gasteiger partial charge in [-0.05, 0) is 84.5 Å². The summed E-state index contributed by atoms with van der Waals surface area (Å²) in [5.41, 5.74) is 1.37. The molecule has 2 aromatic rings. The zero-order chi connectivity index (χ0) is 21.2. The molecule has 0 spiro atoms. The minimum Gasteiger partial charge on any atom is -0.490 e. The lowest BCUT2D eigenvalue weighted by atomic mass is 10.1. The number of hydrogen-bond donors (Lipinski definition) is 0. The summed E-state index contributed by atoms with van der Waals surface area (Å²) in [6.45, 7) is 3.71. The van der Waals surface area contributed by atoms with Crippen molar-refractivity contribution in [3.8, 4) is 11.5 Å². The number of halogens is 2. The fourth-order valence-corrected chi connectivity index (χ4v) is 4.43. The summed E-state index contributed by atoms with van der Waals surface area (Å²) in [7, 11) is -4.10. The molecule has 0 amide bonds. The second kappa shape index (κ2) is 8.72. The van der Waals surface area contributed by atoms with Gasteiger partial charge in [0.2, 0.25) is 0 Å². The van der Waals surface area contributed by atoms with Gasteiger partial charge in [0.1, 0.15) is 4.90 Å². The van der Waals surface area contributed by atoms with Gasteiger partial charge in [0.15, 0.2) is 11.5 Å². The number of nitrogens with zero attached hydrogens (tertiary/aromatic N) is 1. The molecule has 152 valence electrons. The molecule has 0 saturated heterocycles. The summed E-state index contributed by atoms with van der Waals surface area (Å²) < 4.78 is 36.8. The van der Waals surface area contributed by atoms with E-state index in [0.717, 1.165) is 0 Å². The van der Waals surface area contributed by atoms with E-state index in [4.69, 9.17) is 20.5 Å². The summed E-state index contributed by atoms with van der Waals surface area (Å²) in [5, 5.41) is 4.05. The molecule has 1 heterocycles. The van der Waals surface area contributed by atoms with E-state index in [1.54, 1.807) is 32.1 Å². The molecule has 1 aliphatic rings. The average Bonchev–Trinajstić information content (AvgIpc) is 2.97. The standard InChI is InChI=1S/C19H15ClINO6S/c1-3-26-17-10-12(8-15-11(2)22-27-19(15)23)9-16(21)18(17)28-29(24,25)14-6-4-13(20)5-7-14/h4-10H,3H2,1-2H3/b15-8-. The van der Waals surface area contributed by atoms with E-state index in [9.17, 15) is 13.2 Å². The Morgan fingerprint density at radius 2 is 1.93 bits per heavy atom. The zero-order valence-corrected chi connectivity index (χ0v) is 19.0. The highest BCUT2D eigenvalue weighted by molar-refractivity contribution is 14.1. The fraction of sp³-hybridized carbons (Fsp3) is 0.158. The first-order valence-electron chi connectivity index (χ1n) is 8.35. The third-order valence-corrected chi connectivity index (χ3v) is 6.10. The van der Waals surface area contributed by atoms with Crippen molar-refractivity contribution in [2.24, 2.45) is 5.16 Å². The van der Waals surface area contributed by atoms with Crippen molar-refractivity contribution in [1.82, 2.24) is 0 Å². The van der Waals surface area contributed by atoms with Gasteiger partial charge in [-0.25, -0.2) is 4.79 Å². The second-order valence-corrected chi connectivity index (χ2v) is 9.01. The maximum Gasteiger partial charge on any atom is 0.367 e. The normalized spacial score (nSPS) is 15.2. The fourth-order valence-electron chi connectivity index (χ4n) is 2.46. The van der Waals surface area contributed by atoms with Crippen molar-refractivity contribution in [1.29, 1.82) is 0 Å². The van der Waals surface area contributed by atoms with E-state index in [-0.39, 0.29) is 23.0 Å². The van der Waals surface area contributed by atoms with E-state index in [0.29, 0.717) is 25.4 Å². The van der Waals surface area contributed by atoms with Gasteiger partial charge in [-0.15, -0.1) is 0 Å². The lowest BCUT2D eigenvalue weighted by Gasteiger charge is -2.14. The molecule has 0 saturated carbocycles. The molecule has 0 radical (unpaired) electrons. The van der Waals surface area contributed by atoms with Crippen molar-refractivity contribution >= 4 is 62.1 Å². The molecule has 10 heteroatoms. The van der Waals surface area contributed by atoms with Crippen LogP contribution in [0.25, 0.3) is 6.08 Å². The number of carbonyl (C=O) groups is 1. The number of carbonyl (C=O) groups excluding carboxylic acids is 1. The van der Waals surface area contributed by atoms with Crippen LogP contribution < -0.4 is 8.92 Å². The summed E-state index contributed by atoms with van der Waals surface area (Å²) in [6, 6.07) is 8.90. The molecule has 3 rings (SSSR count). The SMILES string of the molecule is CCOc1cc(/C=C2\C(=O)ON=C2C)cc(I)c1OS(=O)(=O)c1ccc(Cl)cc1. The van der Waals surface area contributed by atoms with Gasteiger partial charge in [-0.2, -0.15) is 8.42 Å². The maximum absolute atomic E-state index is 12.7. The van der Waals surface area contributed by atoms with Gasteiger partial charge in [-0.3, -0.25) is 0 Å². The van der Waals surface area contributed by atoms with E-state index >= 15 is 0 Å². The molecule has 0 bridgehead atoms. The predicted octanol–water partition coefficient (Wildman–Crippen LogP) is 4.43. The summed E-state index contributed by atoms with van der Waals surface area (Å²) >= 11 is 7.76. The Morgan fingerprint density at radius 1 is 1.24 bits per heavy atom. The molecular weight excluding hydrogens is 533 g/mol. The molecule has 0 unspecified atom stereocenters. The largest absolute Gasteiger partial charge is 0.490 e. The van der Waals surface area contributed by atoms with Gasteiger partial charge >= 0.3 is 16.1 Å². The molecular formula is C19H15ClINO6S. The van der Waals surface area contributed by atoms with Crippen LogP contribution in [0.4, 0.5) is 0 Å². The molecule has 0 aromatic heterocycles. The molecule has 7 nitrogen and oxygen atoms in total. The van der Waals surface area contributed by atoms with E-state index < -0.39 is 16.1 Å². The molecule has 29 heavy (non-hydrogen) atoms. The Bertz CT molecular complexity index is 1130. The highest BCUT2D eigenvalue weighted by atomic mass is 127.